The summed E-state index contributed by atoms with van der Waals surface area (Å²) in [4.78, 5) is 15.2. The Hall–Kier alpha value is -4.30. The van der Waals surface area contributed by atoms with E-state index in [-0.39, 0.29) is 11.6 Å². The van der Waals surface area contributed by atoms with Gasteiger partial charge in [-0.2, -0.15) is 4.68 Å². The van der Waals surface area contributed by atoms with Crippen LogP contribution in [0.5, 0.6) is 11.8 Å². The molecule has 5 aromatic rings. The lowest BCUT2D eigenvalue weighted by atomic mass is 9.97. The third-order valence-electron chi connectivity index (χ3n) is 6.05. The lowest BCUT2D eigenvalue weighted by Gasteiger charge is -2.28. The molecular formula is C26H21N5O3. The maximum Gasteiger partial charge on any atom is 0.345 e. The van der Waals surface area contributed by atoms with Crippen LogP contribution in [0.1, 0.15) is 16.7 Å². The monoisotopic (exact) mass is 451 g/mol. The van der Waals surface area contributed by atoms with Crippen LogP contribution in [0.25, 0.3) is 16.7 Å². The Labute approximate surface area is 195 Å². The van der Waals surface area contributed by atoms with Gasteiger partial charge in [0.2, 0.25) is 0 Å². The Bertz CT molecular complexity index is 1510. The summed E-state index contributed by atoms with van der Waals surface area (Å²) in [5.41, 5.74) is 4.00. The SMILES string of the molecule is O=c1oc2cc(Oc3nnnn3-c3ccccc3)ccc2c2c1CN(Cc1ccccc1)CC2. The highest BCUT2D eigenvalue weighted by Crippen LogP contribution is 2.30. The highest BCUT2D eigenvalue weighted by Gasteiger charge is 2.23. The van der Waals surface area contributed by atoms with Crippen LogP contribution in [0.3, 0.4) is 0 Å². The highest BCUT2D eigenvalue weighted by atomic mass is 16.5. The van der Waals surface area contributed by atoms with Gasteiger partial charge in [-0.15, -0.1) is 0 Å². The van der Waals surface area contributed by atoms with Crippen molar-refractivity contribution in [3.05, 3.63) is 106 Å². The topological polar surface area (TPSA) is 86.3 Å². The van der Waals surface area contributed by atoms with E-state index < -0.39 is 0 Å². The molecule has 0 atom stereocenters. The summed E-state index contributed by atoms with van der Waals surface area (Å²) in [7, 11) is 0. The quantitative estimate of drug-likeness (QED) is 0.372. The molecule has 0 aliphatic carbocycles. The molecule has 2 aromatic heterocycles. The molecule has 0 unspecified atom stereocenters. The molecule has 0 N–H and O–H groups in total. The first-order chi connectivity index (χ1) is 16.7. The molecule has 0 amide bonds. The molecule has 3 heterocycles. The second-order valence-electron chi connectivity index (χ2n) is 8.26. The molecule has 0 radical (unpaired) electrons. The van der Waals surface area contributed by atoms with Crippen molar-refractivity contribution in [1.82, 2.24) is 25.1 Å². The Balaban J connectivity index is 1.28. The van der Waals surface area contributed by atoms with E-state index in [0.29, 0.717) is 17.9 Å². The second-order valence-corrected chi connectivity index (χ2v) is 8.26. The average Bonchev–Trinajstić information content (AvgIpc) is 3.33. The number of ether oxygens (including phenoxy) is 1. The molecule has 0 spiro atoms. The number of para-hydroxylation sites is 1. The van der Waals surface area contributed by atoms with Gasteiger partial charge in [0.05, 0.1) is 11.3 Å². The Kier molecular flexibility index (Phi) is 5.12. The zero-order valence-corrected chi connectivity index (χ0v) is 18.3. The molecule has 168 valence electrons. The van der Waals surface area contributed by atoms with E-state index in [1.54, 1.807) is 6.07 Å². The zero-order valence-electron chi connectivity index (χ0n) is 18.3. The molecular weight excluding hydrogens is 430 g/mol. The van der Waals surface area contributed by atoms with Crippen LogP contribution in [-0.2, 0) is 19.5 Å². The largest absolute Gasteiger partial charge is 0.423 e. The maximum atomic E-state index is 12.9. The maximum absolute atomic E-state index is 12.9. The van der Waals surface area contributed by atoms with Crippen LogP contribution in [-0.4, -0.2) is 31.7 Å². The summed E-state index contributed by atoms with van der Waals surface area (Å²) in [6.45, 7) is 2.26. The van der Waals surface area contributed by atoms with Gasteiger partial charge in [0.25, 0.3) is 0 Å². The standard InChI is InChI=1S/C26H21N5O3/c32-25-23-17-30(16-18-7-3-1-4-8-18)14-13-21(23)22-12-11-20(15-24(22)34-25)33-26-27-28-29-31(26)19-9-5-2-6-10-19/h1-12,15H,13-14,16-17H2. The van der Waals surface area contributed by atoms with Crippen molar-refractivity contribution in [3.63, 3.8) is 0 Å². The minimum absolute atomic E-state index is 0.224. The molecule has 3 aromatic carbocycles. The Morgan fingerprint density at radius 2 is 1.74 bits per heavy atom. The number of fused-ring (bicyclic) bond motifs is 3. The molecule has 6 rings (SSSR count). The minimum atomic E-state index is -0.300. The fraction of sp³-hybridized carbons (Fsp3) is 0.154. The van der Waals surface area contributed by atoms with Crippen LogP contribution in [0.15, 0.2) is 88.1 Å². The molecule has 8 heteroatoms. The van der Waals surface area contributed by atoms with Gasteiger partial charge in [0, 0.05) is 31.1 Å². The van der Waals surface area contributed by atoms with Crippen molar-refractivity contribution in [2.45, 2.75) is 19.5 Å². The molecule has 8 nitrogen and oxygen atoms in total. The summed E-state index contributed by atoms with van der Waals surface area (Å²) in [6, 6.07) is 25.5. The minimum Gasteiger partial charge on any atom is -0.423 e. The number of benzene rings is 3. The van der Waals surface area contributed by atoms with Gasteiger partial charge in [-0.05, 0) is 52.2 Å². The molecule has 0 saturated carbocycles. The van der Waals surface area contributed by atoms with Crippen molar-refractivity contribution < 1.29 is 9.15 Å². The van der Waals surface area contributed by atoms with Gasteiger partial charge >= 0.3 is 11.6 Å². The first-order valence-corrected chi connectivity index (χ1v) is 11.1. The molecule has 34 heavy (non-hydrogen) atoms. The van der Waals surface area contributed by atoms with E-state index in [1.165, 1.54) is 10.2 Å². The van der Waals surface area contributed by atoms with Crippen LogP contribution in [0, 0.1) is 0 Å². The summed E-state index contributed by atoms with van der Waals surface area (Å²) in [5.74, 6) is 0.490. The Morgan fingerprint density at radius 1 is 0.941 bits per heavy atom. The number of hydrogen-bond acceptors (Lipinski definition) is 7. The fourth-order valence-electron chi connectivity index (χ4n) is 4.42. The van der Waals surface area contributed by atoms with Crippen LogP contribution >= 0.6 is 0 Å². The average molecular weight is 451 g/mol. The first kappa shape index (κ1) is 20.3. The second kappa shape index (κ2) is 8.57. The van der Waals surface area contributed by atoms with Crippen molar-refractivity contribution in [2.75, 3.05) is 6.54 Å². The number of rotatable bonds is 5. The molecule has 0 fully saturated rings. The highest BCUT2D eigenvalue weighted by molar-refractivity contribution is 5.83. The van der Waals surface area contributed by atoms with Gasteiger partial charge in [0.1, 0.15) is 11.3 Å². The third kappa shape index (κ3) is 3.84. The first-order valence-electron chi connectivity index (χ1n) is 11.1. The van der Waals surface area contributed by atoms with E-state index in [4.69, 9.17) is 9.15 Å². The summed E-state index contributed by atoms with van der Waals surface area (Å²) in [5, 5.41) is 12.6. The van der Waals surface area contributed by atoms with Gasteiger partial charge < -0.3 is 9.15 Å². The lowest BCUT2D eigenvalue weighted by molar-refractivity contribution is 0.241. The Morgan fingerprint density at radius 3 is 2.56 bits per heavy atom. The van der Waals surface area contributed by atoms with Gasteiger partial charge in [0.15, 0.2) is 0 Å². The van der Waals surface area contributed by atoms with Crippen molar-refractivity contribution >= 4 is 11.0 Å². The van der Waals surface area contributed by atoms with E-state index in [0.717, 1.165) is 41.7 Å². The van der Waals surface area contributed by atoms with Crippen LogP contribution in [0.2, 0.25) is 0 Å². The molecule has 1 aliphatic heterocycles. The van der Waals surface area contributed by atoms with Crippen molar-refractivity contribution in [1.29, 1.82) is 0 Å². The number of tetrazole rings is 1. The smallest absolute Gasteiger partial charge is 0.345 e. The van der Waals surface area contributed by atoms with Crippen molar-refractivity contribution in [2.24, 2.45) is 0 Å². The van der Waals surface area contributed by atoms with Gasteiger partial charge in [-0.3, -0.25) is 4.90 Å². The lowest BCUT2D eigenvalue weighted by Crippen LogP contribution is -2.33. The summed E-state index contributed by atoms with van der Waals surface area (Å²) in [6.07, 6.45) is 0.788. The summed E-state index contributed by atoms with van der Waals surface area (Å²) < 4.78 is 13.2. The predicted octanol–water partition coefficient (Wildman–Crippen LogP) is 4.12. The summed E-state index contributed by atoms with van der Waals surface area (Å²) >= 11 is 0. The molecule has 0 saturated heterocycles. The van der Waals surface area contributed by atoms with E-state index in [2.05, 4.69) is 32.6 Å². The number of nitrogens with zero attached hydrogens (tertiary/aromatic N) is 5. The van der Waals surface area contributed by atoms with Gasteiger partial charge in [-0.25, -0.2) is 4.79 Å². The van der Waals surface area contributed by atoms with Crippen LogP contribution in [0.4, 0.5) is 0 Å². The molecule has 1 aliphatic rings. The fourth-order valence-corrected chi connectivity index (χ4v) is 4.42. The molecule has 0 bridgehead atoms. The van der Waals surface area contributed by atoms with E-state index >= 15 is 0 Å². The van der Waals surface area contributed by atoms with Crippen molar-refractivity contribution in [3.8, 4) is 17.4 Å². The number of aromatic nitrogens is 4. The van der Waals surface area contributed by atoms with E-state index in [9.17, 15) is 4.79 Å². The normalized spacial score (nSPS) is 13.6. The van der Waals surface area contributed by atoms with E-state index in [1.807, 2.05) is 60.7 Å². The predicted molar refractivity (Wildman–Crippen MR) is 126 cm³/mol. The zero-order chi connectivity index (χ0) is 22.9. The third-order valence-corrected chi connectivity index (χ3v) is 6.05. The van der Waals surface area contributed by atoms with Crippen LogP contribution < -0.4 is 10.4 Å². The van der Waals surface area contributed by atoms with Gasteiger partial charge in [-0.1, -0.05) is 53.6 Å². The number of hydrogen-bond donors (Lipinski definition) is 0.